The predicted molar refractivity (Wildman–Crippen MR) is 92.9 cm³/mol. The molecule has 0 aliphatic carbocycles. The SMILES string of the molecule is CCn1ncc(NC(=O)N[C@@H]2CCO[C@H]2c2ccc(OC)nc2)c1C(F)(F)F. The molecule has 8 nitrogen and oxygen atoms in total. The van der Waals surface area contributed by atoms with Gasteiger partial charge in [-0.1, -0.05) is 0 Å². The molecule has 2 aromatic heterocycles. The summed E-state index contributed by atoms with van der Waals surface area (Å²) >= 11 is 0. The molecule has 1 aliphatic rings. The Morgan fingerprint density at radius 2 is 2.18 bits per heavy atom. The lowest BCUT2D eigenvalue weighted by Crippen LogP contribution is -2.39. The first-order chi connectivity index (χ1) is 13.3. The number of carbonyl (C=O) groups is 1. The van der Waals surface area contributed by atoms with Crippen LogP contribution < -0.4 is 15.4 Å². The summed E-state index contributed by atoms with van der Waals surface area (Å²) in [5.41, 5.74) is -0.657. The second kappa shape index (κ2) is 8.05. The van der Waals surface area contributed by atoms with E-state index in [0.717, 1.165) is 16.4 Å². The van der Waals surface area contributed by atoms with Gasteiger partial charge in [0.2, 0.25) is 5.88 Å². The van der Waals surface area contributed by atoms with E-state index in [2.05, 4.69) is 20.7 Å². The van der Waals surface area contributed by atoms with Crippen molar-refractivity contribution in [3.05, 3.63) is 35.8 Å². The summed E-state index contributed by atoms with van der Waals surface area (Å²) in [6.07, 6.45) is -2.01. The summed E-state index contributed by atoms with van der Waals surface area (Å²) < 4.78 is 51.2. The number of rotatable bonds is 5. The van der Waals surface area contributed by atoms with Gasteiger partial charge in [0.05, 0.1) is 25.0 Å². The fraction of sp³-hybridized carbons (Fsp3) is 0.471. The fourth-order valence-corrected chi connectivity index (χ4v) is 3.09. The first-order valence-corrected chi connectivity index (χ1v) is 8.65. The highest BCUT2D eigenvalue weighted by Gasteiger charge is 2.39. The Kier molecular flexibility index (Phi) is 5.73. The number of nitrogens with zero attached hydrogens (tertiary/aromatic N) is 3. The highest BCUT2D eigenvalue weighted by atomic mass is 19.4. The van der Waals surface area contributed by atoms with Gasteiger partial charge in [-0.3, -0.25) is 4.68 Å². The number of methoxy groups -OCH3 is 1. The molecule has 0 bridgehead atoms. The molecule has 0 aromatic carbocycles. The fourth-order valence-electron chi connectivity index (χ4n) is 3.09. The summed E-state index contributed by atoms with van der Waals surface area (Å²) in [5, 5.41) is 8.59. The molecular formula is C17H20F3N5O3. The average Bonchev–Trinajstić information content (AvgIpc) is 3.28. The summed E-state index contributed by atoms with van der Waals surface area (Å²) in [6, 6.07) is 2.26. The lowest BCUT2D eigenvalue weighted by molar-refractivity contribution is -0.143. The van der Waals surface area contributed by atoms with Gasteiger partial charge in [0.25, 0.3) is 0 Å². The number of nitrogens with one attached hydrogen (secondary N) is 2. The minimum absolute atomic E-state index is 0.0289. The molecule has 1 saturated heterocycles. The van der Waals surface area contributed by atoms with Gasteiger partial charge in [-0.15, -0.1) is 0 Å². The third-order valence-electron chi connectivity index (χ3n) is 4.36. The molecule has 152 valence electrons. The summed E-state index contributed by atoms with van der Waals surface area (Å²) in [7, 11) is 1.50. The van der Waals surface area contributed by atoms with Crippen molar-refractivity contribution in [2.45, 2.75) is 38.2 Å². The van der Waals surface area contributed by atoms with Crippen LogP contribution >= 0.6 is 0 Å². The van der Waals surface area contributed by atoms with E-state index in [1.807, 2.05) is 0 Å². The van der Waals surface area contributed by atoms with E-state index in [1.54, 1.807) is 18.3 Å². The Hall–Kier alpha value is -2.82. The molecule has 3 heterocycles. The van der Waals surface area contributed by atoms with Crippen molar-refractivity contribution in [1.29, 1.82) is 0 Å². The van der Waals surface area contributed by atoms with Crippen LogP contribution in [0.15, 0.2) is 24.5 Å². The second-order valence-electron chi connectivity index (χ2n) is 6.14. The van der Waals surface area contributed by atoms with Crippen LogP contribution in [0, 0.1) is 0 Å². The minimum Gasteiger partial charge on any atom is -0.481 e. The van der Waals surface area contributed by atoms with Crippen LogP contribution in [0.5, 0.6) is 5.88 Å². The maximum atomic E-state index is 13.3. The Morgan fingerprint density at radius 1 is 1.39 bits per heavy atom. The molecule has 11 heteroatoms. The number of carbonyl (C=O) groups excluding carboxylic acids is 1. The van der Waals surface area contributed by atoms with Crippen LogP contribution in [0.1, 0.15) is 30.7 Å². The topological polar surface area (TPSA) is 90.3 Å². The number of amides is 2. The van der Waals surface area contributed by atoms with E-state index in [9.17, 15) is 18.0 Å². The van der Waals surface area contributed by atoms with Crippen molar-refractivity contribution in [3.63, 3.8) is 0 Å². The van der Waals surface area contributed by atoms with Gasteiger partial charge in [-0.2, -0.15) is 18.3 Å². The maximum Gasteiger partial charge on any atom is 0.435 e. The van der Waals surface area contributed by atoms with Crippen LogP contribution in [-0.4, -0.2) is 40.6 Å². The van der Waals surface area contributed by atoms with E-state index in [1.165, 1.54) is 14.0 Å². The summed E-state index contributed by atoms with van der Waals surface area (Å²) in [6.45, 7) is 1.97. The Labute approximate surface area is 159 Å². The first-order valence-electron chi connectivity index (χ1n) is 8.65. The van der Waals surface area contributed by atoms with Gasteiger partial charge < -0.3 is 20.1 Å². The molecule has 2 atom stereocenters. The monoisotopic (exact) mass is 399 g/mol. The molecule has 1 fully saturated rings. The van der Waals surface area contributed by atoms with E-state index < -0.39 is 35.7 Å². The number of alkyl halides is 3. The number of pyridine rings is 1. The lowest BCUT2D eigenvalue weighted by atomic mass is 10.0. The van der Waals surface area contributed by atoms with Crippen molar-refractivity contribution < 1.29 is 27.4 Å². The van der Waals surface area contributed by atoms with Crippen LogP contribution in [0.4, 0.5) is 23.7 Å². The minimum atomic E-state index is -4.64. The van der Waals surface area contributed by atoms with Gasteiger partial charge in [-0.05, 0) is 19.4 Å². The van der Waals surface area contributed by atoms with E-state index in [4.69, 9.17) is 9.47 Å². The highest BCUT2D eigenvalue weighted by molar-refractivity contribution is 5.90. The molecule has 28 heavy (non-hydrogen) atoms. The third kappa shape index (κ3) is 4.19. The van der Waals surface area contributed by atoms with Gasteiger partial charge in [-0.25, -0.2) is 9.78 Å². The Balaban J connectivity index is 1.70. The van der Waals surface area contributed by atoms with Crippen molar-refractivity contribution in [1.82, 2.24) is 20.1 Å². The van der Waals surface area contributed by atoms with Gasteiger partial charge in [0.15, 0.2) is 5.69 Å². The number of halogens is 3. The van der Waals surface area contributed by atoms with E-state index >= 15 is 0 Å². The number of ether oxygens (including phenoxy) is 2. The van der Waals surface area contributed by atoms with Crippen molar-refractivity contribution in [2.75, 3.05) is 19.0 Å². The molecule has 0 saturated carbocycles. The summed E-state index contributed by atoms with van der Waals surface area (Å²) in [5.74, 6) is 0.441. The van der Waals surface area contributed by atoms with Gasteiger partial charge >= 0.3 is 12.2 Å². The number of aromatic nitrogens is 3. The predicted octanol–water partition coefficient (Wildman–Crippen LogP) is 2.98. The molecule has 2 aromatic rings. The zero-order chi connectivity index (χ0) is 20.3. The molecule has 2 amide bonds. The third-order valence-corrected chi connectivity index (χ3v) is 4.36. The number of hydrogen-bond acceptors (Lipinski definition) is 5. The molecule has 2 N–H and O–H groups in total. The molecule has 0 unspecified atom stereocenters. The number of anilines is 1. The Morgan fingerprint density at radius 3 is 2.79 bits per heavy atom. The van der Waals surface area contributed by atoms with E-state index in [-0.39, 0.29) is 6.54 Å². The second-order valence-corrected chi connectivity index (χ2v) is 6.14. The smallest absolute Gasteiger partial charge is 0.435 e. The number of hydrogen-bond donors (Lipinski definition) is 2. The first kappa shape index (κ1) is 19.9. The van der Waals surface area contributed by atoms with Gasteiger partial charge in [0.1, 0.15) is 6.10 Å². The average molecular weight is 399 g/mol. The Bertz CT molecular complexity index is 822. The van der Waals surface area contributed by atoms with E-state index in [0.29, 0.717) is 18.9 Å². The largest absolute Gasteiger partial charge is 0.481 e. The van der Waals surface area contributed by atoms with Gasteiger partial charge in [0, 0.05) is 31.0 Å². The van der Waals surface area contributed by atoms with Crippen molar-refractivity contribution in [2.24, 2.45) is 0 Å². The molecule has 0 spiro atoms. The molecule has 3 rings (SSSR count). The molecular weight excluding hydrogens is 379 g/mol. The van der Waals surface area contributed by atoms with Crippen molar-refractivity contribution >= 4 is 11.7 Å². The normalized spacial score (nSPS) is 19.5. The number of aryl methyl sites for hydroxylation is 1. The van der Waals surface area contributed by atoms with Crippen LogP contribution in [0.3, 0.4) is 0 Å². The standard InChI is InChI=1S/C17H20F3N5O3/c1-3-25-15(17(18,19)20)12(9-22-25)24-16(26)23-11-6-7-28-14(11)10-4-5-13(27-2)21-8-10/h4-5,8-9,11,14H,3,6-7H2,1-2H3,(H2,23,24,26)/t11-,14+/m1/s1. The van der Waals surface area contributed by atoms with Crippen LogP contribution in [0.25, 0.3) is 0 Å². The lowest BCUT2D eigenvalue weighted by Gasteiger charge is -2.20. The highest BCUT2D eigenvalue weighted by Crippen LogP contribution is 2.35. The van der Waals surface area contributed by atoms with Crippen molar-refractivity contribution in [3.8, 4) is 5.88 Å². The number of urea groups is 1. The molecule has 0 radical (unpaired) electrons. The zero-order valence-corrected chi connectivity index (χ0v) is 15.3. The summed E-state index contributed by atoms with van der Waals surface area (Å²) in [4.78, 5) is 16.4. The molecule has 1 aliphatic heterocycles. The van der Waals surface area contributed by atoms with Crippen LogP contribution in [-0.2, 0) is 17.5 Å². The van der Waals surface area contributed by atoms with Crippen LogP contribution in [0.2, 0.25) is 0 Å². The maximum absolute atomic E-state index is 13.3. The zero-order valence-electron chi connectivity index (χ0n) is 15.3. The quantitative estimate of drug-likeness (QED) is 0.807.